The number of aliphatic carboxylic acids is 1. The van der Waals surface area contributed by atoms with Gasteiger partial charge < -0.3 is 112 Å². The molecule has 7 aliphatic heterocycles. The number of aromatic hydroxyl groups is 3. The summed E-state index contributed by atoms with van der Waals surface area (Å²) < 4.78 is 38.5. The highest BCUT2D eigenvalue weighted by Gasteiger charge is 2.51. The van der Waals surface area contributed by atoms with Crippen LogP contribution in [0.25, 0.3) is 11.1 Å². The predicted molar refractivity (Wildman–Crippen MR) is 353 cm³/mol. The van der Waals surface area contributed by atoms with E-state index in [1.165, 1.54) is 38.1 Å². The number of nitrogens with two attached hydrogens (primary N) is 2. The third kappa shape index (κ3) is 16.0. The first-order chi connectivity index (χ1) is 47.7. The zero-order valence-corrected chi connectivity index (χ0v) is 56.5. The number of fused-ring (bicyclic) bond motifs is 15. The number of carbonyl (C=O) groups is 8. The lowest BCUT2D eigenvalue weighted by Gasteiger charge is -2.47. The first-order valence-corrected chi connectivity index (χ1v) is 33.2. The molecule has 101 heavy (non-hydrogen) atoms. The third-order valence-electron chi connectivity index (χ3n) is 18.6. The number of ether oxygens (including phenoxy) is 6. The Morgan fingerprint density at radius 1 is 0.743 bits per heavy atom. The molecular formula is C69H78Cl2N6O24. The van der Waals surface area contributed by atoms with Crippen LogP contribution in [0.5, 0.6) is 46.0 Å². The van der Waals surface area contributed by atoms with Crippen LogP contribution >= 0.6 is 23.2 Å². The van der Waals surface area contributed by atoms with Crippen LogP contribution in [0.4, 0.5) is 0 Å². The molecule has 542 valence electrons. The van der Waals surface area contributed by atoms with E-state index < -0.39 is 238 Å². The van der Waals surface area contributed by atoms with Gasteiger partial charge in [0, 0.05) is 59.9 Å². The fourth-order valence-electron chi connectivity index (χ4n) is 13.2. The number of hydrogen-bond acceptors (Lipinski definition) is 24. The molecule has 18 N–H and O–H groups in total. The summed E-state index contributed by atoms with van der Waals surface area (Å²) in [6.07, 6.45) is -19.8. The fraction of sp³-hybridized carbons (Fsp3) is 0.449. The number of benzene rings is 5. The minimum Gasteiger partial charge on any atom is -0.508 e. The third-order valence-corrected chi connectivity index (χ3v) is 19.2. The van der Waals surface area contributed by atoms with Crippen LogP contribution < -0.4 is 46.9 Å². The molecule has 11 bridgehead atoms. The number of ketones is 2. The number of aliphatic hydroxyl groups excluding tert-OH is 6. The van der Waals surface area contributed by atoms with E-state index in [0.717, 1.165) is 54.6 Å². The quantitative estimate of drug-likeness (QED) is 0.0801. The van der Waals surface area contributed by atoms with Gasteiger partial charge in [0.05, 0.1) is 40.7 Å². The van der Waals surface area contributed by atoms with Gasteiger partial charge in [-0.15, -0.1) is 0 Å². The van der Waals surface area contributed by atoms with Crippen molar-refractivity contribution in [2.24, 2.45) is 29.2 Å². The van der Waals surface area contributed by atoms with Gasteiger partial charge in [0.2, 0.25) is 41.6 Å². The van der Waals surface area contributed by atoms with Crippen molar-refractivity contribution in [2.75, 3.05) is 6.61 Å². The summed E-state index contributed by atoms with van der Waals surface area (Å²) >= 11 is 14.2. The maximum atomic E-state index is 16.2. The first-order valence-electron chi connectivity index (χ1n) is 32.4. The van der Waals surface area contributed by atoms with E-state index >= 15 is 14.4 Å². The summed E-state index contributed by atoms with van der Waals surface area (Å²) in [4.78, 5) is 117. The van der Waals surface area contributed by atoms with E-state index in [-0.39, 0.29) is 51.1 Å². The highest BCUT2D eigenvalue weighted by Crippen LogP contribution is 2.50. The number of carboxylic acid groups (broad SMARTS) is 1. The number of halogens is 2. The summed E-state index contributed by atoms with van der Waals surface area (Å²) in [7, 11) is 0. The maximum absolute atomic E-state index is 16.2. The van der Waals surface area contributed by atoms with Crippen molar-refractivity contribution in [3.8, 4) is 57.1 Å². The Hall–Kier alpha value is -8.76. The Labute approximate surface area is 586 Å². The van der Waals surface area contributed by atoms with Gasteiger partial charge in [-0.3, -0.25) is 33.6 Å². The normalized spacial score (nSPS) is 29.6. The minimum absolute atomic E-state index is 0.0143. The Kier molecular flexibility index (Phi) is 22.6. The molecule has 30 nitrogen and oxygen atoms in total. The van der Waals surface area contributed by atoms with Crippen molar-refractivity contribution in [1.82, 2.24) is 21.3 Å². The molecule has 0 radical (unpaired) electrons. The van der Waals surface area contributed by atoms with Gasteiger partial charge in [0.1, 0.15) is 77.4 Å². The SMILES string of the molecule is CC[C@H](CC(C)C)C(=O)NC1C(=O)C[C@@H](CC(N)=O)C(=O)N[C@H]2C(=O)CC3C(=O)N[C@H](C(=O)N[C@@H](C(=O)O)c4cc(O)cc(O)c4-c4cc3ccc4O)[C@H](O)c3ccc(c(Cl)c3)Oc3cc2cc(c3OC2OC(CO)C(O)C(O)C2OC2CC(C)(N)C(O)C(C)O2)Oc2ccc(cc2Cl)[C@H]1O. The fourth-order valence-corrected chi connectivity index (χ4v) is 13.7. The molecular weight excluding hydrogens is 1370 g/mol. The highest BCUT2D eigenvalue weighted by molar-refractivity contribution is 6.32. The van der Waals surface area contributed by atoms with Gasteiger partial charge in [-0.05, 0) is 109 Å². The van der Waals surface area contributed by atoms with Crippen molar-refractivity contribution >= 4 is 70.3 Å². The number of phenols is 3. The molecule has 2 fully saturated rings. The van der Waals surface area contributed by atoms with Gasteiger partial charge >= 0.3 is 5.97 Å². The van der Waals surface area contributed by atoms with Gasteiger partial charge in [-0.1, -0.05) is 62.2 Å². The van der Waals surface area contributed by atoms with E-state index in [0.29, 0.717) is 12.8 Å². The average Bonchev–Trinajstić information content (AvgIpc) is 0.775. The molecule has 11 unspecified atom stereocenters. The summed E-state index contributed by atoms with van der Waals surface area (Å²) in [5.41, 5.74) is 8.53. The Morgan fingerprint density at radius 3 is 1.96 bits per heavy atom. The van der Waals surface area contributed by atoms with Crippen molar-refractivity contribution in [3.63, 3.8) is 0 Å². The number of primary amides is 1. The van der Waals surface area contributed by atoms with Gasteiger partial charge in [0.25, 0.3) is 0 Å². The van der Waals surface area contributed by atoms with E-state index in [1.807, 2.05) is 13.8 Å². The van der Waals surface area contributed by atoms with Crippen molar-refractivity contribution < 1.29 is 118 Å². The van der Waals surface area contributed by atoms with E-state index in [2.05, 4.69) is 21.3 Å². The topological polar surface area (TPSA) is 494 Å². The van der Waals surface area contributed by atoms with Crippen LogP contribution in [-0.2, 0) is 52.6 Å². The lowest BCUT2D eigenvalue weighted by atomic mass is 9.84. The average molecular weight is 1450 g/mol. The largest absolute Gasteiger partial charge is 0.508 e. The van der Waals surface area contributed by atoms with Crippen LogP contribution in [0.1, 0.15) is 131 Å². The summed E-state index contributed by atoms with van der Waals surface area (Å²) in [6, 6.07) is 5.66. The second-order valence-electron chi connectivity index (χ2n) is 26.6. The van der Waals surface area contributed by atoms with Crippen LogP contribution in [0.3, 0.4) is 0 Å². The number of carbonyl (C=O) groups excluding carboxylic acids is 7. The van der Waals surface area contributed by atoms with Crippen molar-refractivity contribution in [2.45, 2.75) is 170 Å². The molecule has 32 heteroatoms. The predicted octanol–water partition coefficient (Wildman–Crippen LogP) is 3.52. The van der Waals surface area contributed by atoms with Crippen LogP contribution in [0, 0.1) is 17.8 Å². The monoisotopic (exact) mass is 1440 g/mol. The Bertz CT molecular complexity index is 4060. The molecule has 0 aliphatic carbocycles. The molecule has 18 atom stereocenters. The van der Waals surface area contributed by atoms with Gasteiger partial charge in [-0.25, -0.2) is 4.79 Å². The highest BCUT2D eigenvalue weighted by atomic mass is 35.5. The molecule has 7 heterocycles. The lowest BCUT2D eigenvalue weighted by molar-refractivity contribution is -0.333. The minimum atomic E-state index is -2.24. The standard InChI is InChI=1S/C69H78Cl2N6O24/c1-6-28(13-26(2)3)63(90)76-54-42(82)17-33(20-49(72)84)64(91)74-52-32-18-46(97-44-11-8-30(56(54)85)15-38(44)70)60(101-68-61(59(88)58(87)48(25-78)99-68)100-50-24-69(5,73)62(89)27(4)96-50)47(19-32)98-45-12-9-31(16-39(45)71)57(86)55-66(93)75-53(67(94)95)37-21-34(79)22-41(81)51(37)36-14-29(7-10-40(36)80)35(23-43(52)83)65(92)77-55/h7-12,14-16,18-19,21-22,26-28,33,35,48,50,52-59,61-62,68,78-81,85-89H,6,13,17,20,23-25,73H2,1-5H3,(H2,72,84)(H,74,91)(H,75,93)(H,76,90)(H,77,92)(H,94,95)/t27?,28-,33+,35?,48?,50?,52-,53-,54?,55+,56-,57-,58?,59?,61?,62?,68?,69?/m1/s1. The second-order valence-corrected chi connectivity index (χ2v) is 27.4. The number of aliphatic hydroxyl groups is 6. The Balaban J connectivity index is 1.24. The van der Waals surface area contributed by atoms with E-state index in [4.69, 9.17) is 63.1 Å². The summed E-state index contributed by atoms with van der Waals surface area (Å²) in [5, 5.41) is 123. The van der Waals surface area contributed by atoms with Gasteiger partial charge in [0.15, 0.2) is 41.5 Å². The second kappa shape index (κ2) is 30.4. The number of carboxylic acids is 1. The molecule has 0 aromatic heterocycles. The number of rotatable bonds is 13. The zero-order chi connectivity index (χ0) is 73.5. The zero-order valence-electron chi connectivity index (χ0n) is 54.9. The van der Waals surface area contributed by atoms with E-state index in [9.17, 15) is 75.0 Å². The summed E-state index contributed by atoms with van der Waals surface area (Å²) in [6.45, 7) is 7.55. The first kappa shape index (κ1) is 74.9. The molecule has 5 amide bonds. The smallest absolute Gasteiger partial charge is 0.330 e. The number of amides is 5. The van der Waals surface area contributed by atoms with Crippen LogP contribution in [-0.4, -0.2) is 172 Å². The number of phenolic OH excluding ortho intramolecular Hbond substituents is 3. The molecule has 5 aromatic rings. The number of Topliss-reactive ketones (excluding diaryl/α,β-unsaturated/α-hetero) is 2. The molecule has 0 saturated carbocycles. The van der Waals surface area contributed by atoms with Gasteiger partial charge in [-0.2, -0.15) is 0 Å². The van der Waals surface area contributed by atoms with E-state index in [1.54, 1.807) is 6.92 Å². The molecule has 0 spiro atoms. The molecule has 7 aliphatic rings. The number of nitrogens with one attached hydrogen (secondary N) is 4. The molecule has 5 aromatic carbocycles. The molecule has 12 rings (SSSR count). The summed E-state index contributed by atoms with van der Waals surface area (Å²) in [5.74, 6) is -18.9. The van der Waals surface area contributed by atoms with Crippen LogP contribution in [0.2, 0.25) is 10.0 Å². The maximum Gasteiger partial charge on any atom is 0.330 e. The lowest BCUT2D eigenvalue weighted by Crippen LogP contribution is -2.64. The molecule has 2 saturated heterocycles. The number of hydrogen-bond donors (Lipinski definition) is 16. The Morgan fingerprint density at radius 2 is 1.38 bits per heavy atom. The van der Waals surface area contributed by atoms with Crippen molar-refractivity contribution in [1.29, 1.82) is 0 Å². The van der Waals surface area contributed by atoms with Crippen LogP contribution in [0.15, 0.2) is 78.9 Å². The van der Waals surface area contributed by atoms with Crippen molar-refractivity contribution in [3.05, 3.63) is 117 Å².